The van der Waals surface area contributed by atoms with E-state index in [2.05, 4.69) is 45.7 Å². The van der Waals surface area contributed by atoms with Crippen LogP contribution in [0.5, 0.6) is 0 Å². The fourth-order valence-electron chi connectivity index (χ4n) is 5.26. The number of aliphatic imine (C=N–C) groups is 1. The van der Waals surface area contributed by atoms with E-state index in [1.54, 1.807) is 12.1 Å². The molecule has 0 radical (unpaired) electrons. The lowest BCUT2D eigenvalue weighted by Gasteiger charge is -2.38. The molecule has 8 nitrogen and oxygen atoms in total. The zero-order valence-corrected chi connectivity index (χ0v) is 25.0. The van der Waals surface area contributed by atoms with Crippen molar-refractivity contribution in [3.63, 3.8) is 0 Å². The second-order valence-corrected chi connectivity index (χ2v) is 11.4. The van der Waals surface area contributed by atoms with Gasteiger partial charge in [0.2, 0.25) is 0 Å². The van der Waals surface area contributed by atoms with Gasteiger partial charge < -0.3 is 25.8 Å². The van der Waals surface area contributed by atoms with E-state index < -0.39 is 0 Å². The molecular formula is C30H39Cl2N7O. The number of carbonyl (C=O) groups excluding carboxylic acids is 1. The summed E-state index contributed by atoms with van der Waals surface area (Å²) < 4.78 is 0. The maximum Gasteiger partial charge on any atom is 0.255 e. The number of fused-ring (bicyclic) bond motifs is 1. The van der Waals surface area contributed by atoms with E-state index in [1.165, 1.54) is 6.34 Å². The number of likely N-dealkylation sites (tertiary alicyclic amines) is 1. The molecule has 0 aliphatic carbocycles. The van der Waals surface area contributed by atoms with Gasteiger partial charge in [0, 0.05) is 35.4 Å². The number of imidazole rings is 1. The standard InChI is InChI=1S/C30H39Cl2N7O/c1-5-6-12-38(4)17-22-9-7-8-13-39(22)30(40)24-16-27(34-18-33)23(15-25(24)32)19(2)35-20(3)29-36-26-11-10-21(31)14-28(26)37-29/h10-11,14-16,18,20,22,35H,2,5-9,12-13,17H2,1,3-4H3,(H2,33,34)(H,36,37). The van der Waals surface area contributed by atoms with Crippen molar-refractivity contribution in [1.82, 2.24) is 25.1 Å². The predicted octanol–water partition coefficient (Wildman–Crippen LogP) is 6.54. The molecule has 0 saturated carbocycles. The number of benzene rings is 2. The molecule has 1 saturated heterocycles. The van der Waals surface area contributed by atoms with Gasteiger partial charge in [0.15, 0.2) is 0 Å². The Morgan fingerprint density at radius 2 is 2.12 bits per heavy atom. The summed E-state index contributed by atoms with van der Waals surface area (Å²) in [5, 5.41) is 4.36. The number of rotatable bonds is 11. The predicted molar refractivity (Wildman–Crippen MR) is 167 cm³/mol. The summed E-state index contributed by atoms with van der Waals surface area (Å²) >= 11 is 12.9. The Kier molecular flexibility index (Phi) is 10.1. The van der Waals surface area contributed by atoms with Gasteiger partial charge in [0.1, 0.15) is 5.82 Å². The van der Waals surface area contributed by atoms with Crippen LogP contribution in [-0.4, -0.2) is 64.7 Å². The number of carbonyl (C=O) groups is 1. The lowest BCUT2D eigenvalue weighted by molar-refractivity contribution is 0.0561. The zero-order chi connectivity index (χ0) is 28.8. The Labute approximate surface area is 246 Å². The van der Waals surface area contributed by atoms with Gasteiger partial charge >= 0.3 is 0 Å². The van der Waals surface area contributed by atoms with Crippen molar-refractivity contribution in [3.8, 4) is 0 Å². The van der Waals surface area contributed by atoms with Crippen molar-refractivity contribution in [2.75, 3.05) is 26.7 Å². The number of piperidine rings is 1. The number of nitrogens with zero attached hydrogens (tertiary/aromatic N) is 4. The number of H-pyrrole nitrogens is 1. The molecule has 0 bridgehead atoms. The number of hydrogen-bond donors (Lipinski definition) is 3. The molecule has 1 aromatic heterocycles. The normalized spacial score (nSPS) is 16.6. The molecule has 214 valence electrons. The lowest BCUT2D eigenvalue weighted by atomic mass is 9.99. The Bertz CT molecular complexity index is 1390. The minimum absolute atomic E-state index is 0.0773. The van der Waals surface area contributed by atoms with Gasteiger partial charge in [-0.25, -0.2) is 9.98 Å². The van der Waals surface area contributed by atoms with Crippen molar-refractivity contribution in [2.45, 2.75) is 58.0 Å². The molecule has 1 amide bonds. The highest BCUT2D eigenvalue weighted by Crippen LogP contribution is 2.34. The highest BCUT2D eigenvalue weighted by molar-refractivity contribution is 6.34. The molecule has 2 aromatic carbocycles. The smallest absolute Gasteiger partial charge is 0.255 e. The Morgan fingerprint density at radius 3 is 2.88 bits per heavy atom. The Hall–Kier alpha value is -3.07. The highest BCUT2D eigenvalue weighted by atomic mass is 35.5. The number of nitrogens with two attached hydrogens (primary N) is 1. The number of halogens is 2. The second-order valence-electron chi connectivity index (χ2n) is 10.5. The first-order valence-corrected chi connectivity index (χ1v) is 14.7. The van der Waals surface area contributed by atoms with E-state index in [1.807, 2.05) is 30.0 Å². The molecule has 2 atom stereocenters. The summed E-state index contributed by atoms with van der Waals surface area (Å²) in [4.78, 5) is 30.4. The molecule has 1 aliphatic heterocycles. The van der Waals surface area contributed by atoms with Crippen LogP contribution >= 0.6 is 23.2 Å². The minimum Gasteiger partial charge on any atom is -0.390 e. The lowest BCUT2D eigenvalue weighted by Crippen LogP contribution is -2.49. The second kappa shape index (κ2) is 13.5. The Balaban J connectivity index is 1.55. The van der Waals surface area contributed by atoms with Gasteiger partial charge in [-0.05, 0) is 76.5 Å². The number of likely N-dealkylation sites (N-methyl/N-ethyl adjacent to an activating group) is 1. The highest BCUT2D eigenvalue weighted by Gasteiger charge is 2.30. The molecule has 1 fully saturated rings. The van der Waals surface area contributed by atoms with E-state index in [0.717, 1.165) is 62.1 Å². The van der Waals surface area contributed by atoms with Crippen LogP contribution < -0.4 is 11.1 Å². The van der Waals surface area contributed by atoms with Crippen LogP contribution in [0.1, 0.15) is 73.7 Å². The maximum atomic E-state index is 13.8. The maximum absolute atomic E-state index is 13.8. The number of nitrogens with one attached hydrogen (secondary N) is 2. The van der Waals surface area contributed by atoms with Crippen molar-refractivity contribution in [3.05, 3.63) is 63.9 Å². The SMILES string of the molecule is C=C(NC(C)c1nc2cc(Cl)ccc2[nH]1)c1cc(Cl)c(C(=O)N2CCCCC2CN(C)CCCC)cc1/N=C\N. The van der Waals surface area contributed by atoms with E-state index in [0.29, 0.717) is 39.1 Å². The average molecular weight is 585 g/mol. The fourth-order valence-corrected chi connectivity index (χ4v) is 5.67. The fraction of sp³-hybridized carbons (Fsp3) is 0.433. The van der Waals surface area contributed by atoms with Crippen LogP contribution in [0.4, 0.5) is 5.69 Å². The van der Waals surface area contributed by atoms with Crippen LogP contribution in [0.15, 0.2) is 41.9 Å². The molecule has 2 unspecified atom stereocenters. The van der Waals surface area contributed by atoms with E-state index in [4.69, 9.17) is 28.9 Å². The van der Waals surface area contributed by atoms with Gasteiger partial charge in [-0.2, -0.15) is 0 Å². The third-order valence-electron chi connectivity index (χ3n) is 7.42. The molecule has 1 aliphatic rings. The topological polar surface area (TPSA) is 103 Å². The first kappa shape index (κ1) is 29.9. The molecule has 3 aromatic rings. The van der Waals surface area contributed by atoms with E-state index >= 15 is 0 Å². The summed E-state index contributed by atoms with van der Waals surface area (Å²) in [6.45, 7) is 11.0. The molecule has 4 rings (SSSR count). The quantitative estimate of drug-likeness (QED) is 0.176. The molecule has 40 heavy (non-hydrogen) atoms. The van der Waals surface area contributed by atoms with Gasteiger partial charge in [-0.1, -0.05) is 43.1 Å². The van der Waals surface area contributed by atoms with E-state index in [9.17, 15) is 4.79 Å². The van der Waals surface area contributed by atoms with Gasteiger partial charge in [0.05, 0.1) is 39.7 Å². The summed E-state index contributed by atoms with van der Waals surface area (Å²) in [5.74, 6) is 0.659. The summed E-state index contributed by atoms with van der Waals surface area (Å²) in [5.41, 5.74) is 9.56. The average Bonchev–Trinajstić information content (AvgIpc) is 3.36. The molecular weight excluding hydrogens is 545 g/mol. The summed E-state index contributed by atoms with van der Waals surface area (Å²) in [7, 11) is 2.13. The number of aromatic nitrogens is 2. The molecule has 2 heterocycles. The minimum atomic E-state index is -0.202. The Morgan fingerprint density at radius 1 is 1.32 bits per heavy atom. The first-order chi connectivity index (χ1) is 19.2. The van der Waals surface area contributed by atoms with E-state index in [-0.39, 0.29) is 18.0 Å². The van der Waals surface area contributed by atoms with Crippen molar-refractivity contribution < 1.29 is 4.79 Å². The third-order valence-corrected chi connectivity index (χ3v) is 7.97. The number of amides is 1. The van der Waals surface area contributed by atoms with Crippen molar-refractivity contribution in [2.24, 2.45) is 10.7 Å². The van der Waals surface area contributed by atoms with Crippen molar-refractivity contribution in [1.29, 1.82) is 0 Å². The largest absolute Gasteiger partial charge is 0.390 e. The van der Waals surface area contributed by atoms with Crippen LogP contribution in [0.25, 0.3) is 16.7 Å². The molecule has 4 N–H and O–H groups in total. The monoisotopic (exact) mass is 583 g/mol. The van der Waals surface area contributed by atoms with Crippen LogP contribution in [-0.2, 0) is 0 Å². The molecule has 0 spiro atoms. The van der Waals surface area contributed by atoms with Crippen LogP contribution in [0, 0.1) is 0 Å². The van der Waals surface area contributed by atoms with Gasteiger partial charge in [0.25, 0.3) is 5.91 Å². The van der Waals surface area contributed by atoms with Crippen molar-refractivity contribution >= 4 is 57.9 Å². The zero-order valence-electron chi connectivity index (χ0n) is 23.5. The van der Waals surface area contributed by atoms with Gasteiger partial charge in [-0.15, -0.1) is 0 Å². The number of unbranched alkanes of at least 4 members (excludes halogenated alkanes) is 1. The van der Waals surface area contributed by atoms with Crippen LogP contribution in [0.2, 0.25) is 10.0 Å². The number of aromatic amines is 1. The summed E-state index contributed by atoms with van der Waals surface area (Å²) in [6.07, 6.45) is 6.60. The third kappa shape index (κ3) is 6.97. The summed E-state index contributed by atoms with van der Waals surface area (Å²) in [6, 6.07) is 8.94. The first-order valence-electron chi connectivity index (χ1n) is 13.9. The van der Waals surface area contributed by atoms with Crippen LogP contribution in [0.3, 0.4) is 0 Å². The van der Waals surface area contributed by atoms with Gasteiger partial charge in [-0.3, -0.25) is 4.79 Å². The number of hydrogen-bond acceptors (Lipinski definition) is 5. The molecule has 10 heteroatoms.